The van der Waals surface area contributed by atoms with Gasteiger partial charge in [0.25, 0.3) is 0 Å². The maximum Gasteiger partial charge on any atom is 0.248 e. The van der Waals surface area contributed by atoms with Gasteiger partial charge in [0.05, 0.1) is 6.10 Å². The molecule has 0 spiro atoms. The molecule has 4 unspecified atom stereocenters. The lowest BCUT2D eigenvalue weighted by Crippen LogP contribution is -2.70. The summed E-state index contributed by atoms with van der Waals surface area (Å²) in [5, 5.41) is 2.87. The molecule has 1 aliphatic heterocycles. The summed E-state index contributed by atoms with van der Waals surface area (Å²) >= 11 is 0. The van der Waals surface area contributed by atoms with Crippen LogP contribution in [0.5, 0.6) is 0 Å². The third-order valence-corrected chi connectivity index (χ3v) is 4.93. The molecule has 5 nitrogen and oxygen atoms in total. The van der Waals surface area contributed by atoms with Crippen molar-refractivity contribution in [2.75, 3.05) is 7.11 Å². The van der Waals surface area contributed by atoms with Gasteiger partial charge < -0.3 is 15.0 Å². The molecule has 0 aromatic heterocycles. The predicted octanol–water partition coefficient (Wildman–Crippen LogP) is 1.46. The molecule has 0 radical (unpaired) electrons. The molecular weight excluding hydrogens is 256 g/mol. The Labute approximate surface area is 121 Å². The van der Waals surface area contributed by atoms with Crippen molar-refractivity contribution in [1.82, 2.24) is 10.2 Å². The Bertz CT molecular complexity index is 399. The molecule has 1 heterocycles. The number of methoxy groups -OCH3 is 1. The van der Waals surface area contributed by atoms with Crippen LogP contribution in [-0.4, -0.2) is 47.6 Å². The minimum atomic E-state index is -0.760. The summed E-state index contributed by atoms with van der Waals surface area (Å²) in [4.78, 5) is 26.8. The van der Waals surface area contributed by atoms with E-state index in [4.69, 9.17) is 4.74 Å². The van der Waals surface area contributed by atoms with Crippen LogP contribution >= 0.6 is 0 Å². The van der Waals surface area contributed by atoms with Crippen LogP contribution in [0.15, 0.2) is 0 Å². The van der Waals surface area contributed by atoms with Crippen LogP contribution in [0.25, 0.3) is 0 Å². The lowest BCUT2D eigenvalue weighted by molar-refractivity contribution is -0.158. The van der Waals surface area contributed by atoms with Crippen molar-refractivity contribution in [1.29, 1.82) is 0 Å². The zero-order chi connectivity index (χ0) is 14.9. The highest BCUT2D eigenvalue weighted by atomic mass is 16.5. The highest BCUT2D eigenvalue weighted by Gasteiger charge is 2.48. The van der Waals surface area contributed by atoms with Crippen LogP contribution in [0.1, 0.15) is 52.9 Å². The number of nitrogens with one attached hydrogen (secondary N) is 1. The molecule has 2 amide bonds. The Kier molecular flexibility index (Phi) is 4.37. The van der Waals surface area contributed by atoms with Crippen molar-refractivity contribution in [3.8, 4) is 0 Å². The van der Waals surface area contributed by atoms with E-state index < -0.39 is 5.54 Å². The molecule has 1 saturated carbocycles. The Morgan fingerprint density at radius 2 is 2.10 bits per heavy atom. The Hall–Kier alpha value is -1.10. The normalized spacial score (nSPS) is 38.8. The molecule has 2 aliphatic rings. The van der Waals surface area contributed by atoms with Gasteiger partial charge in [0.15, 0.2) is 0 Å². The van der Waals surface area contributed by atoms with Crippen molar-refractivity contribution in [3.63, 3.8) is 0 Å². The molecule has 20 heavy (non-hydrogen) atoms. The zero-order valence-corrected chi connectivity index (χ0v) is 12.9. The standard InChI is InChI=1S/C15H26N2O3/c1-5-15(3)14(19)17(10(2)13(18)16-15)11-7-6-8-12(9-11)20-4/h10-12H,5-9H2,1-4H3,(H,16,18). The van der Waals surface area contributed by atoms with Gasteiger partial charge in [-0.3, -0.25) is 9.59 Å². The molecule has 5 heteroatoms. The van der Waals surface area contributed by atoms with Gasteiger partial charge in [-0.05, 0) is 46.0 Å². The Balaban J connectivity index is 2.22. The summed E-state index contributed by atoms with van der Waals surface area (Å²) in [5.74, 6) is 0.00217. The first kappa shape index (κ1) is 15.3. The number of ether oxygens (including phenoxy) is 1. The lowest BCUT2D eigenvalue weighted by Gasteiger charge is -2.48. The van der Waals surface area contributed by atoms with Gasteiger partial charge in [-0.25, -0.2) is 0 Å². The molecule has 0 aromatic rings. The van der Waals surface area contributed by atoms with E-state index in [0.717, 1.165) is 25.7 Å². The first-order chi connectivity index (χ1) is 9.42. The summed E-state index contributed by atoms with van der Waals surface area (Å²) in [6.45, 7) is 5.58. The number of carbonyl (C=O) groups is 2. The molecule has 114 valence electrons. The van der Waals surface area contributed by atoms with E-state index in [1.807, 2.05) is 25.7 Å². The summed E-state index contributed by atoms with van der Waals surface area (Å²) in [6, 6.07) is -0.268. The number of hydrogen-bond acceptors (Lipinski definition) is 3. The molecule has 1 aliphatic carbocycles. The quantitative estimate of drug-likeness (QED) is 0.852. The largest absolute Gasteiger partial charge is 0.381 e. The SMILES string of the molecule is CCC1(C)NC(=O)C(C)N(C2CCCC(OC)C2)C1=O. The number of rotatable bonds is 3. The summed E-state index contributed by atoms with van der Waals surface area (Å²) < 4.78 is 5.45. The molecule has 4 atom stereocenters. The number of nitrogens with zero attached hydrogens (tertiary/aromatic N) is 1. The molecule has 2 fully saturated rings. The molecule has 2 rings (SSSR count). The average molecular weight is 282 g/mol. The van der Waals surface area contributed by atoms with Crippen molar-refractivity contribution in [2.45, 2.75) is 76.6 Å². The van der Waals surface area contributed by atoms with Gasteiger partial charge in [-0.1, -0.05) is 6.92 Å². The lowest BCUT2D eigenvalue weighted by atomic mass is 9.86. The van der Waals surface area contributed by atoms with Gasteiger partial charge in [-0.15, -0.1) is 0 Å². The van der Waals surface area contributed by atoms with E-state index in [1.165, 1.54) is 0 Å². The summed E-state index contributed by atoms with van der Waals surface area (Å²) in [5.41, 5.74) is -0.760. The minimum absolute atomic E-state index is 0.0477. The van der Waals surface area contributed by atoms with Crippen LogP contribution in [0.2, 0.25) is 0 Å². The first-order valence-corrected chi connectivity index (χ1v) is 7.60. The number of carbonyl (C=O) groups excluding carboxylic acids is 2. The zero-order valence-electron chi connectivity index (χ0n) is 12.9. The van der Waals surface area contributed by atoms with Gasteiger partial charge in [0, 0.05) is 13.2 Å². The summed E-state index contributed by atoms with van der Waals surface area (Å²) in [7, 11) is 1.72. The van der Waals surface area contributed by atoms with Crippen LogP contribution in [0, 0.1) is 0 Å². The van der Waals surface area contributed by atoms with Crippen molar-refractivity contribution in [3.05, 3.63) is 0 Å². The fourth-order valence-corrected chi connectivity index (χ4v) is 3.33. The van der Waals surface area contributed by atoms with Gasteiger partial charge in [0.1, 0.15) is 11.6 Å². The second-order valence-corrected chi connectivity index (χ2v) is 6.24. The topological polar surface area (TPSA) is 58.6 Å². The molecule has 0 aromatic carbocycles. The highest BCUT2D eigenvalue weighted by molar-refractivity contribution is 5.99. The van der Waals surface area contributed by atoms with Crippen LogP contribution < -0.4 is 5.32 Å². The fourth-order valence-electron chi connectivity index (χ4n) is 3.33. The van der Waals surface area contributed by atoms with Crippen molar-refractivity contribution in [2.24, 2.45) is 0 Å². The van der Waals surface area contributed by atoms with Crippen LogP contribution in [0.3, 0.4) is 0 Å². The van der Waals surface area contributed by atoms with Gasteiger partial charge in [0.2, 0.25) is 11.8 Å². The third kappa shape index (κ3) is 2.55. The maximum absolute atomic E-state index is 12.8. The predicted molar refractivity (Wildman–Crippen MR) is 76.2 cm³/mol. The van der Waals surface area contributed by atoms with E-state index in [1.54, 1.807) is 7.11 Å². The second-order valence-electron chi connectivity index (χ2n) is 6.24. The van der Waals surface area contributed by atoms with Gasteiger partial charge in [-0.2, -0.15) is 0 Å². The summed E-state index contributed by atoms with van der Waals surface area (Å²) in [6.07, 6.45) is 4.70. The first-order valence-electron chi connectivity index (χ1n) is 7.60. The Morgan fingerprint density at radius 1 is 1.40 bits per heavy atom. The van der Waals surface area contributed by atoms with Crippen molar-refractivity contribution >= 4 is 11.8 Å². The maximum atomic E-state index is 12.8. The molecule has 1 N–H and O–H groups in total. The monoisotopic (exact) mass is 282 g/mol. The average Bonchev–Trinajstić information content (AvgIpc) is 2.46. The minimum Gasteiger partial charge on any atom is -0.381 e. The van der Waals surface area contributed by atoms with Gasteiger partial charge >= 0.3 is 0 Å². The number of piperazine rings is 1. The highest BCUT2D eigenvalue weighted by Crippen LogP contribution is 2.31. The second kappa shape index (κ2) is 5.72. The molecular formula is C15H26N2O3. The van der Waals surface area contributed by atoms with Crippen molar-refractivity contribution < 1.29 is 14.3 Å². The smallest absolute Gasteiger partial charge is 0.248 e. The van der Waals surface area contributed by atoms with Crippen LogP contribution in [0.4, 0.5) is 0 Å². The fraction of sp³-hybridized carbons (Fsp3) is 0.867. The van der Waals surface area contributed by atoms with E-state index in [0.29, 0.717) is 6.42 Å². The van der Waals surface area contributed by atoms with E-state index >= 15 is 0 Å². The third-order valence-electron chi connectivity index (χ3n) is 4.93. The van der Waals surface area contributed by atoms with E-state index in [9.17, 15) is 9.59 Å². The molecule has 1 saturated heterocycles. The Morgan fingerprint density at radius 3 is 2.70 bits per heavy atom. The number of hydrogen-bond donors (Lipinski definition) is 1. The van der Waals surface area contributed by atoms with Crippen LogP contribution in [-0.2, 0) is 14.3 Å². The van der Waals surface area contributed by atoms with E-state index in [-0.39, 0.29) is 30.0 Å². The molecule has 0 bridgehead atoms. The number of amides is 2. The van der Waals surface area contributed by atoms with E-state index in [2.05, 4.69) is 5.32 Å².